The van der Waals surface area contributed by atoms with Crippen LogP contribution in [0.2, 0.25) is 0 Å². The highest BCUT2D eigenvalue weighted by Crippen LogP contribution is 2.31. The van der Waals surface area contributed by atoms with Crippen LogP contribution in [0.4, 0.5) is 5.69 Å². The Kier molecular flexibility index (Phi) is 3.76. The summed E-state index contributed by atoms with van der Waals surface area (Å²) in [6.07, 6.45) is 1.49. The Balaban J connectivity index is 2.38. The van der Waals surface area contributed by atoms with E-state index in [4.69, 9.17) is 16.2 Å². The van der Waals surface area contributed by atoms with Gasteiger partial charge < -0.3 is 16.2 Å². The van der Waals surface area contributed by atoms with Gasteiger partial charge in [0.1, 0.15) is 23.9 Å². The van der Waals surface area contributed by atoms with Crippen molar-refractivity contribution in [1.29, 1.82) is 0 Å². The summed E-state index contributed by atoms with van der Waals surface area (Å²) in [5.74, 6) is -0.382. The topological polar surface area (TPSA) is 134 Å². The van der Waals surface area contributed by atoms with Gasteiger partial charge in [-0.2, -0.15) is 0 Å². The molecule has 104 valence electrons. The number of primary amides is 1. The van der Waals surface area contributed by atoms with Crippen LogP contribution in [0.15, 0.2) is 30.5 Å². The first kappa shape index (κ1) is 13.7. The molecule has 2 rings (SSSR count). The summed E-state index contributed by atoms with van der Waals surface area (Å²) >= 11 is 0. The van der Waals surface area contributed by atoms with Gasteiger partial charge in [-0.15, -0.1) is 0 Å². The summed E-state index contributed by atoms with van der Waals surface area (Å²) in [5.41, 5.74) is 10.7. The maximum absolute atomic E-state index is 10.9. The highest BCUT2D eigenvalue weighted by atomic mass is 16.6. The second-order valence-corrected chi connectivity index (χ2v) is 4.06. The molecule has 0 fully saturated rings. The number of carbonyl (C=O) groups excluding carboxylic acids is 1. The molecule has 20 heavy (non-hydrogen) atoms. The lowest BCUT2D eigenvalue weighted by atomic mass is 10.1. The lowest BCUT2D eigenvalue weighted by Crippen LogP contribution is -2.41. The number of non-ortho nitro benzene ring substituents is 1. The molecule has 2 aromatic rings. The van der Waals surface area contributed by atoms with Gasteiger partial charge in [-0.05, 0) is 18.2 Å². The average molecular weight is 276 g/mol. The SMILES string of the molecule is NC(=O)C(N)COc1ccc([N+](=O)[O-])c2cccnc12. The Morgan fingerprint density at radius 3 is 2.85 bits per heavy atom. The molecule has 0 aliphatic carbocycles. The third kappa shape index (κ3) is 2.64. The van der Waals surface area contributed by atoms with Crippen LogP contribution in [0.25, 0.3) is 10.9 Å². The van der Waals surface area contributed by atoms with Gasteiger partial charge >= 0.3 is 0 Å². The van der Waals surface area contributed by atoms with Crippen LogP contribution < -0.4 is 16.2 Å². The Morgan fingerprint density at radius 2 is 2.20 bits per heavy atom. The summed E-state index contributed by atoms with van der Waals surface area (Å²) in [4.78, 5) is 25.3. The summed E-state index contributed by atoms with van der Waals surface area (Å²) < 4.78 is 5.37. The molecule has 0 saturated heterocycles. The number of hydrogen-bond donors (Lipinski definition) is 2. The summed E-state index contributed by atoms with van der Waals surface area (Å²) in [6.45, 7) is -0.126. The second-order valence-electron chi connectivity index (χ2n) is 4.06. The highest BCUT2D eigenvalue weighted by Gasteiger charge is 2.17. The molecule has 0 bridgehead atoms. The third-order valence-corrected chi connectivity index (χ3v) is 2.69. The van der Waals surface area contributed by atoms with Crippen molar-refractivity contribution in [2.45, 2.75) is 6.04 Å². The molecule has 0 spiro atoms. The van der Waals surface area contributed by atoms with Crippen LogP contribution in [0.1, 0.15) is 0 Å². The number of nitro groups is 1. The number of nitrogens with two attached hydrogens (primary N) is 2. The number of rotatable bonds is 5. The standard InChI is InChI=1S/C12H12N4O4/c13-8(12(14)17)6-20-10-4-3-9(16(18)19)7-2-1-5-15-11(7)10/h1-5,8H,6,13H2,(H2,14,17). The zero-order valence-electron chi connectivity index (χ0n) is 10.4. The number of hydrogen-bond acceptors (Lipinski definition) is 6. The van der Waals surface area contributed by atoms with Crippen LogP contribution in [-0.4, -0.2) is 28.5 Å². The lowest BCUT2D eigenvalue weighted by Gasteiger charge is -2.11. The van der Waals surface area contributed by atoms with Crippen molar-refractivity contribution in [1.82, 2.24) is 4.98 Å². The minimum atomic E-state index is -0.955. The molecule has 1 aromatic heterocycles. The first-order valence-corrected chi connectivity index (χ1v) is 5.70. The fourth-order valence-corrected chi connectivity index (χ4v) is 1.67. The molecular weight excluding hydrogens is 264 g/mol. The summed E-state index contributed by atoms with van der Waals surface area (Å²) in [7, 11) is 0. The van der Waals surface area contributed by atoms with Crippen molar-refractivity contribution < 1.29 is 14.5 Å². The molecule has 0 aliphatic heterocycles. The first-order chi connectivity index (χ1) is 9.50. The van der Waals surface area contributed by atoms with Crippen molar-refractivity contribution >= 4 is 22.5 Å². The molecule has 1 heterocycles. The fraction of sp³-hybridized carbons (Fsp3) is 0.167. The number of carbonyl (C=O) groups is 1. The van der Waals surface area contributed by atoms with E-state index in [1.165, 1.54) is 18.3 Å². The number of amides is 1. The quantitative estimate of drug-likeness (QED) is 0.597. The van der Waals surface area contributed by atoms with Crippen LogP contribution in [-0.2, 0) is 4.79 Å². The summed E-state index contributed by atoms with van der Waals surface area (Å²) in [5, 5.41) is 11.3. The minimum absolute atomic E-state index is 0.0698. The third-order valence-electron chi connectivity index (χ3n) is 2.69. The van der Waals surface area contributed by atoms with Crippen LogP contribution >= 0.6 is 0 Å². The number of pyridine rings is 1. The predicted octanol–water partition coefficient (Wildman–Crippen LogP) is 0.334. The molecule has 8 nitrogen and oxygen atoms in total. The zero-order valence-corrected chi connectivity index (χ0v) is 10.4. The lowest BCUT2D eigenvalue weighted by molar-refractivity contribution is -0.383. The van der Waals surface area contributed by atoms with Crippen molar-refractivity contribution in [3.8, 4) is 5.75 Å². The van der Waals surface area contributed by atoms with E-state index < -0.39 is 16.9 Å². The van der Waals surface area contributed by atoms with Gasteiger partial charge in [-0.3, -0.25) is 19.9 Å². The minimum Gasteiger partial charge on any atom is -0.489 e. The maximum atomic E-state index is 10.9. The van der Waals surface area contributed by atoms with Crippen molar-refractivity contribution in [3.63, 3.8) is 0 Å². The Bertz CT molecular complexity index is 674. The van der Waals surface area contributed by atoms with E-state index in [0.29, 0.717) is 16.7 Å². The van der Waals surface area contributed by atoms with Gasteiger partial charge in [0, 0.05) is 12.3 Å². The molecule has 4 N–H and O–H groups in total. The molecule has 0 saturated carbocycles. The molecule has 1 amide bonds. The van der Waals surface area contributed by atoms with Gasteiger partial charge in [0.15, 0.2) is 0 Å². The molecule has 1 unspecified atom stereocenters. The van der Waals surface area contributed by atoms with Gasteiger partial charge in [0.05, 0.1) is 10.3 Å². The van der Waals surface area contributed by atoms with E-state index in [2.05, 4.69) is 4.98 Å². The van der Waals surface area contributed by atoms with Crippen molar-refractivity contribution in [2.24, 2.45) is 11.5 Å². The number of ether oxygens (including phenoxy) is 1. The summed E-state index contributed by atoms with van der Waals surface area (Å²) in [6, 6.07) is 4.94. The normalized spacial score (nSPS) is 12.1. The zero-order chi connectivity index (χ0) is 14.7. The van der Waals surface area contributed by atoms with Crippen molar-refractivity contribution in [3.05, 3.63) is 40.6 Å². The number of nitro benzene ring substituents is 1. The molecule has 0 radical (unpaired) electrons. The monoisotopic (exact) mass is 276 g/mol. The van der Waals surface area contributed by atoms with Gasteiger partial charge in [-0.1, -0.05) is 0 Å². The first-order valence-electron chi connectivity index (χ1n) is 5.70. The predicted molar refractivity (Wildman–Crippen MR) is 71.1 cm³/mol. The average Bonchev–Trinajstić information content (AvgIpc) is 2.43. The van der Waals surface area contributed by atoms with Crippen LogP contribution in [0.3, 0.4) is 0 Å². The van der Waals surface area contributed by atoms with Crippen molar-refractivity contribution in [2.75, 3.05) is 6.61 Å². The number of aromatic nitrogens is 1. The maximum Gasteiger partial charge on any atom is 0.279 e. The van der Waals surface area contributed by atoms with Gasteiger partial charge in [0.2, 0.25) is 5.91 Å². The van der Waals surface area contributed by atoms with E-state index in [-0.39, 0.29) is 12.3 Å². The van der Waals surface area contributed by atoms with E-state index in [9.17, 15) is 14.9 Å². The Morgan fingerprint density at radius 1 is 1.45 bits per heavy atom. The number of fused-ring (bicyclic) bond motifs is 1. The number of nitrogens with zero attached hydrogens (tertiary/aromatic N) is 2. The molecule has 0 aliphatic rings. The Hall–Kier alpha value is -2.74. The van der Waals surface area contributed by atoms with E-state index in [1.807, 2.05) is 0 Å². The Labute approximate surface area is 113 Å². The highest BCUT2D eigenvalue weighted by molar-refractivity contribution is 5.92. The van der Waals surface area contributed by atoms with Gasteiger partial charge in [0.25, 0.3) is 5.69 Å². The van der Waals surface area contributed by atoms with E-state index in [1.54, 1.807) is 12.1 Å². The van der Waals surface area contributed by atoms with Crippen LogP contribution in [0, 0.1) is 10.1 Å². The number of benzene rings is 1. The second kappa shape index (κ2) is 5.49. The molecule has 1 atom stereocenters. The smallest absolute Gasteiger partial charge is 0.279 e. The van der Waals surface area contributed by atoms with E-state index in [0.717, 1.165) is 0 Å². The largest absolute Gasteiger partial charge is 0.489 e. The molecule has 8 heteroatoms. The molecule has 1 aromatic carbocycles. The van der Waals surface area contributed by atoms with E-state index >= 15 is 0 Å². The van der Waals surface area contributed by atoms with Crippen LogP contribution in [0.5, 0.6) is 5.75 Å². The molecular formula is C12H12N4O4. The van der Waals surface area contributed by atoms with Gasteiger partial charge in [-0.25, -0.2) is 0 Å². The fourth-order valence-electron chi connectivity index (χ4n) is 1.67.